The number of nitrogens with two attached hydrogens (primary N) is 1. The summed E-state index contributed by atoms with van der Waals surface area (Å²) in [5.41, 5.74) is 6.93. The van der Waals surface area contributed by atoms with Crippen molar-refractivity contribution in [1.82, 2.24) is 5.32 Å². The lowest BCUT2D eigenvalue weighted by molar-refractivity contribution is -0.123. The molecule has 3 nitrogen and oxygen atoms in total. The fraction of sp³-hybridized carbons (Fsp3) is 0.500. The molecular weight excluding hydrogens is 248 g/mol. The van der Waals surface area contributed by atoms with Gasteiger partial charge in [-0.1, -0.05) is 44.2 Å². The largest absolute Gasteiger partial charge is 0.348 e. The molecule has 18 heavy (non-hydrogen) atoms. The van der Waals surface area contributed by atoms with Crippen LogP contribution in [0.4, 0.5) is 0 Å². The molecule has 0 aliphatic rings. The van der Waals surface area contributed by atoms with Gasteiger partial charge in [-0.25, -0.2) is 0 Å². The average Bonchev–Trinajstić information content (AvgIpc) is 2.29. The first-order chi connectivity index (χ1) is 8.00. The van der Waals surface area contributed by atoms with Crippen molar-refractivity contribution in [2.75, 3.05) is 0 Å². The Morgan fingerprint density at radius 2 is 1.78 bits per heavy atom. The quantitative estimate of drug-likeness (QED) is 0.864. The van der Waals surface area contributed by atoms with Crippen LogP contribution in [0.2, 0.25) is 0 Å². The van der Waals surface area contributed by atoms with Crippen LogP contribution >= 0.6 is 12.4 Å². The first-order valence-electron chi connectivity index (χ1n) is 6.11. The molecule has 1 rings (SSSR count). The minimum atomic E-state index is -0.416. The molecule has 0 aliphatic heterocycles. The zero-order valence-electron chi connectivity index (χ0n) is 11.2. The fourth-order valence-electron chi connectivity index (χ4n) is 1.76. The van der Waals surface area contributed by atoms with Gasteiger partial charge in [-0.2, -0.15) is 0 Å². The van der Waals surface area contributed by atoms with Gasteiger partial charge in [0, 0.05) is 0 Å². The van der Waals surface area contributed by atoms with Crippen LogP contribution in [0, 0.1) is 5.92 Å². The highest BCUT2D eigenvalue weighted by atomic mass is 35.5. The Morgan fingerprint density at radius 1 is 1.22 bits per heavy atom. The maximum Gasteiger partial charge on any atom is 0.237 e. The number of carbonyl (C=O) groups excluding carboxylic acids is 1. The van der Waals surface area contributed by atoms with Gasteiger partial charge in [0.1, 0.15) is 0 Å². The highest BCUT2D eigenvalue weighted by Gasteiger charge is 2.17. The zero-order chi connectivity index (χ0) is 12.8. The number of nitrogens with one attached hydrogen (secondary N) is 1. The van der Waals surface area contributed by atoms with Crippen LogP contribution in [0.25, 0.3) is 0 Å². The van der Waals surface area contributed by atoms with Crippen molar-refractivity contribution in [3.8, 4) is 0 Å². The molecule has 0 spiro atoms. The Kier molecular flexibility index (Phi) is 7.64. The molecule has 0 radical (unpaired) electrons. The number of halogens is 1. The van der Waals surface area contributed by atoms with E-state index in [1.165, 1.54) is 0 Å². The van der Waals surface area contributed by atoms with E-state index in [9.17, 15) is 4.79 Å². The number of hydrogen-bond acceptors (Lipinski definition) is 2. The lowest BCUT2D eigenvalue weighted by Gasteiger charge is -2.18. The van der Waals surface area contributed by atoms with E-state index in [0.717, 1.165) is 5.56 Å². The lowest BCUT2D eigenvalue weighted by atomic mass is 10.0. The highest BCUT2D eigenvalue weighted by molar-refractivity contribution is 5.85. The monoisotopic (exact) mass is 270 g/mol. The van der Waals surface area contributed by atoms with Crippen LogP contribution < -0.4 is 11.1 Å². The minimum Gasteiger partial charge on any atom is -0.348 e. The average molecular weight is 271 g/mol. The number of benzene rings is 1. The van der Waals surface area contributed by atoms with Crippen molar-refractivity contribution in [3.05, 3.63) is 35.9 Å². The van der Waals surface area contributed by atoms with Crippen molar-refractivity contribution >= 4 is 18.3 Å². The summed E-state index contributed by atoms with van der Waals surface area (Å²) in [7, 11) is 0. The van der Waals surface area contributed by atoms with E-state index < -0.39 is 6.04 Å². The standard InChI is InChI=1S/C14H22N2O.ClH/c1-10(2)9-13(15)14(17)16-11(3)12-7-5-4-6-8-12;/h4-8,10-11,13H,9,15H2,1-3H3,(H,16,17);1H/t11?,13-;/m0./s1. The number of hydrogen-bond donors (Lipinski definition) is 2. The van der Waals surface area contributed by atoms with Crippen LogP contribution in [0.1, 0.15) is 38.8 Å². The van der Waals surface area contributed by atoms with E-state index in [2.05, 4.69) is 19.2 Å². The molecule has 1 unspecified atom stereocenters. The normalized spacial score (nSPS) is 13.6. The third kappa shape index (κ3) is 5.52. The predicted molar refractivity (Wildman–Crippen MR) is 77.7 cm³/mol. The fourth-order valence-corrected chi connectivity index (χ4v) is 1.76. The van der Waals surface area contributed by atoms with E-state index in [-0.39, 0.29) is 24.4 Å². The van der Waals surface area contributed by atoms with Crippen molar-refractivity contribution in [2.45, 2.75) is 39.3 Å². The van der Waals surface area contributed by atoms with E-state index in [0.29, 0.717) is 12.3 Å². The SMILES string of the molecule is CC(C)C[C@H](N)C(=O)NC(C)c1ccccc1.Cl. The molecule has 0 saturated heterocycles. The lowest BCUT2D eigenvalue weighted by Crippen LogP contribution is -2.42. The molecule has 102 valence electrons. The summed E-state index contributed by atoms with van der Waals surface area (Å²) >= 11 is 0. The predicted octanol–water partition coefficient (Wildman–Crippen LogP) is 2.66. The summed E-state index contributed by atoms with van der Waals surface area (Å²) in [6, 6.07) is 9.47. The van der Waals surface area contributed by atoms with Crippen molar-refractivity contribution in [3.63, 3.8) is 0 Å². The van der Waals surface area contributed by atoms with E-state index in [1.807, 2.05) is 37.3 Å². The maximum atomic E-state index is 11.8. The summed E-state index contributed by atoms with van der Waals surface area (Å²) in [5, 5.41) is 2.94. The minimum absolute atomic E-state index is 0. The summed E-state index contributed by atoms with van der Waals surface area (Å²) in [6.45, 7) is 6.09. The Morgan fingerprint density at radius 3 is 2.28 bits per heavy atom. The Balaban J connectivity index is 0.00000289. The van der Waals surface area contributed by atoms with Crippen LogP contribution in [0.15, 0.2) is 30.3 Å². The van der Waals surface area contributed by atoms with Gasteiger partial charge in [0.2, 0.25) is 5.91 Å². The van der Waals surface area contributed by atoms with Crippen LogP contribution in [-0.4, -0.2) is 11.9 Å². The Hall–Kier alpha value is -1.06. The summed E-state index contributed by atoms with van der Waals surface area (Å²) < 4.78 is 0. The van der Waals surface area contributed by atoms with Gasteiger partial charge in [-0.05, 0) is 24.8 Å². The van der Waals surface area contributed by atoms with Crippen LogP contribution in [0.3, 0.4) is 0 Å². The summed E-state index contributed by atoms with van der Waals surface area (Å²) in [5.74, 6) is 0.359. The molecule has 2 atom stereocenters. The topological polar surface area (TPSA) is 55.1 Å². The second-order valence-electron chi connectivity index (χ2n) is 4.88. The molecule has 0 saturated carbocycles. The second-order valence-corrected chi connectivity index (χ2v) is 4.88. The van der Waals surface area contributed by atoms with Gasteiger partial charge in [-0.3, -0.25) is 4.79 Å². The van der Waals surface area contributed by atoms with Gasteiger partial charge in [0.15, 0.2) is 0 Å². The molecule has 0 aromatic heterocycles. The van der Waals surface area contributed by atoms with E-state index in [4.69, 9.17) is 5.73 Å². The first kappa shape index (κ1) is 16.9. The molecule has 1 aromatic carbocycles. The Bertz CT molecular complexity index is 354. The molecule has 4 heteroatoms. The number of rotatable bonds is 5. The third-order valence-electron chi connectivity index (χ3n) is 2.72. The zero-order valence-corrected chi connectivity index (χ0v) is 12.0. The maximum absolute atomic E-state index is 11.8. The van der Waals surface area contributed by atoms with Gasteiger partial charge >= 0.3 is 0 Å². The van der Waals surface area contributed by atoms with Crippen molar-refractivity contribution < 1.29 is 4.79 Å². The van der Waals surface area contributed by atoms with Crippen LogP contribution in [0.5, 0.6) is 0 Å². The number of carbonyl (C=O) groups is 1. The third-order valence-corrected chi connectivity index (χ3v) is 2.72. The van der Waals surface area contributed by atoms with Gasteiger partial charge in [0.25, 0.3) is 0 Å². The van der Waals surface area contributed by atoms with E-state index in [1.54, 1.807) is 0 Å². The van der Waals surface area contributed by atoms with Crippen LogP contribution in [-0.2, 0) is 4.79 Å². The molecule has 3 N–H and O–H groups in total. The molecular formula is C14H23ClN2O. The molecule has 0 heterocycles. The van der Waals surface area contributed by atoms with E-state index >= 15 is 0 Å². The first-order valence-corrected chi connectivity index (χ1v) is 6.11. The van der Waals surface area contributed by atoms with Crippen molar-refractivity contribution in [1.29, 1.82) is 0 Å². The molecule has 0 aliphatic carbocycles. The molecule has 0 bridgehead atoms. The Labute approximate surface area is 116 Å². The van der Waals surface area contributed by atoms with Gasteiger partial charge < -0.3 is 11.1 Å². The highest BCUT2D eigenvalue weighted by Crippen LogP contribution is 2.12. The van der Waals surface area contributed by atoms with Crippen molar-refractivity contribution in [2.24, 2.45) is 11.7 Å². The number of amides is 1. The second kappa shape index (κ2) is 8.11. The molecule has 1 amide bonds. The molecule has 0 fully saturated rings. The van der Waals surface area contributed by atoms with Gasteiger partial charge in [-0.15, -0.1) is 12.4 Å². The summed E-state index contributed by atoms with van der Waals surface area (Å²) in [4.78, 5) is 11.8. The molecule has 1 aromatic rings. The smallest absolute Gasteiger partial charge is 0.237 e. The van der Waals surface area contributed by atoms with Gasteiger partial charge in [0.05, 0.1) is 12.1 Å². The summed E-state index contributed by atoms with van der Waals surface area (Å²) in [6.07, 6.45) is 0.716.